The van der Waals surface area contributed by atoms with Crippen LogP contribution in [0.4, 0.5) is 0 Å². The Morgan fingerprint density at radius 2 is 2.00 bits per heavy atom. The molecule has 0 aliphatic carbocycles. The minimum atomic E-state index is 0.0765. The molecule has 0 aromatic heterocycles. The molecule has 5 heteroatoms. The van der Waals surface area contributed by atoms with Crippen LogP contribution in [0.15, 0.2) is 40.9 Å². The largest absolute Gasteiger partial charge is 0.377 e. The first-order chi connectivity index (χ1) is 10.2. The lowest BCUT2D eigenvalue weighted by molar-refractivity contribution is 0.00526. The molecule has 0 radical (unpaired) electrons. The van der Waals surface area contributed by atoms with Gasteiger partial charge in [0, 0.05) is 21.9 Å². The SMILES string of the molecule is O=C(c1ccc2cc(Br)ccc2c1)N1CCOCC1CBr. The number of ether oxygens (including phenoxy) is 1. The highest BCUT2D eigenvalue weighted by atomic mass is 79.9. The third kappa shape index (κ3) is 3.15. The minimum Gasteiger partial charge on any atom is -0.377 e. The second kappa shape index (κ2) is 6.46. The summed E-state index contributed by atoms with van der Waals surface area (Å²) in [4.78, 5) is 14.6. The number of carbonyl (C=O) groups excluding carboxylic acids is 1. The van der Waals surface area contributed by atoms with Crippen LogP contribution in [0.3, 0.4) is 0 Å². The molecule has 0 spiro atoms. The van der Waals surface area contributed by atoms with Crippen LogP contribution in [0, 0.1) is 0 Å². The van der Waals surface area contributed by atoms with Crippen molar-refractivity contribution in [2.24, 2.45) is 0 Å². The number of hydrogen-bond acceptors (Lipinski definition) is 2. The van der Waals surface area contributed by atoms with Gasteiger partial charge < -0.3 is 9.64 Å². The summed E-state index contributed by atoms with van der Waals surface area (Å²) in [7, 11) is 0. The number of amides is 1. The number of carbonyl (C=O) groups is 1. The van der Waals surface area contributed by atoms with Crippen LogP contribution < -0.4 is 0 Å². The number of fused-ring (bicyclic) bond motifs is 1. The fourth-order valence-corrected chi connectivity index (χ4v) is 3.48. The highest BCUT2D eigenvalue weighted by Gasteiger charge is 2.27. The van der Waals surface area contributed by atoms with Gasteiger partial charge >= 0.3 is 0 Å². The van der Waals surface area contributed by atoms with E-state index in [0.29, 0.717) is 19.8 Å². The molecule has 110 valence electrons. The number of rotatable bonds is 2. The van der Waals surface area contributed by atoms with E-state index in [2.05, 4.69) is 37.9 Å². The number of morpholine rings is 1. The summed E-state index contributed by atoms with van der Waals surface area (Å²) < 4.78 is 6.49. The van der Waals surface area contributed by atoms with E-state index in [4.69, 9.17) is 4.74 Å². The Morgan fingerprint density at radius 3 is 2.81 bits per heavy atom. The molecule has 3 nitrogen and oxygen atoms in total. The molecule has 1 fully saturated rings. The molecule has 1 unspecified atom stereocenters. The molecule has 2 aromatic carbocycles. The van der Waals surface area contributed by atoms with Crippen molar-refractivity contribution in [3.63, 3.8) is 0 Å². The topological polar surface area (TPSA) is 29.5 Å². The Hall–Kier alpha value is -0.910. The van der Waals surface area contributed by atoms with E-state index in [1.165, 1.54) is 0 Å². The summed E-state index contributed by atoms with van der Waals surface area (Å²) in [5.41, 5.74) is 0.734. The minimum absolute atomic E-state index is 0.0765. The fourth-order valence-electron chi connectivity index (χ4n) is 2.57. The molecule has 0 N–H and O–H groups in total. The number of benzene rings is 2. The molecule has 0 saturated carbocycles. The summed E-state index contributed by atoms with van der Waals surface area (Å²) in [5.74, 6) is 0.0765. The lowest BCUT2D eigenvalue weighted by atomic mass is 10.1. The van der Waals surface area contributed by atoms with Crippen LogP contribution in [0.1, 0.15) is 10.4 Å². The van der Waals surface area contributed by atoms with E-state index in [1.807, 2.05) is 35.2 Å². The fraction of sp³-hybridized carbons (Fsp3) is 0.312. The first-order valence-corrected chi connectivity index (χ1v) is 8.74. The van der Waals surface area contributed by atoms with E-state index >= 15 is 0 Å². The second-order valence-electron chi connectivity index (χ2n) is 5.09. The standard InChI is InChI=1S/C16H15Br2NO2/c17-9-15-10-21-6-5-19(15)16(20)13-2-1-12-8-14(18)4-3-11(12)7-13/h1-4,7-8,15H,5-6,9-10H2. The normalized spacial score (nSPS) is 19.0. The van der Waals surface area contributed by atoms with Gasteiger partial charge in [0.1, 0.15) is 0 Å². The molecule has 1 amide bonds. The summed E-state index contributed by atoms with van der Waals surface area (Å²) in [6.07, 6.45) is 0. The monoisotopic (exact) mass is 411 g/mol. The molecule has 1 aliphatic rings. The van der Waals surface area contributed by atoms with E-state index < -0.39 is 0 Å². The van der Waals surface area contributed by atoms with Gasteiger partial charge in [0.25, 0.3) is 5.91 Å². The quantitative estimate of drug-likeness (QED) is 0.701. The predicted molar refractivity (Wildman–Crippen MR) is 91.1 cm³/mol. The third-order valence-electron chi connectivity index (χ3n) is 3.72. The summed E-state index contributed by atoms with van der Waals surface area (Å²) in [6.45, 7) is 1.85. The van der Waals surface area contributed by atoms with Gasteiger partial charge in [-0.05, 0) is 35.0 Å². The van der Waals surface area contributed by atoms with Crippen molar-refractivity contribution in [1.82, 2.24) is 4.90 Å². The molecule has 21 heavy (non-hydrogen) atoms. The Balaban J connectivity index is 1.91. The van der Waals surface area contributed by atoms with Crippen molar-refractivity contribution in [2.75, 3.05) is 25.1 Å². The predicted octanol–water partition coefficient (Wildman–Crippen LogP) is 3.84. The lowest BCUT2D eigenvalue weighted by Gasteiger charge is -2.34. The van der Waals surface area contributed by atoms with Crippen LogP contribution in [-0.4, -0.2) is 41.9 Å². The van der Waals surface area contributed by atoms with Crippen LogP contribution in [-0.2, 0) is 4.74 Å². The van der Waals surface area contributed by atoms with Crippen molar-refractivity contribution in [3.8, 4) is 0 Å². The van der Waals surface area contributed by atoms with Gasteiger partial charge in [-0.3, -0.25) is 4.79 Å². The van der Waals surface area contributed by atoms with Gasteiger partial charge in [0.05, 0.1) is 19.3 Å². The van der Waals surface area contributed by atoms with Crippen molar-refractivity contribution < 1.29 is 9.53 Å². The van der Waals surface area contributed by atoms with Crippen LogP contribution in [0.2, 0.25) is 0 Å². The van der Waals surface area contributed by atoms with Crippen molar-refractivity contribution >= 4 is 48.5 Å². The van der Waals surface area contributed by atoms with Crippen LogP contribution in [0.5, 0.6) is 0 Å². The number of hydrogen-bond donors (Lipinski definition) is 0. The highest BCUT2D eigenvalue weighted by Crippen LogP contribution is 2.22. The Labute approximate surface area is 140 Å². The van der Waals surface area contributed by atoms with E-state index in [1.54, 1.807) is 0 Å². The molecule has 1 atom stereocenters. The van der Waals surface area contributed by atoms with Crippen molar-refractivity contribution in [1.29, 1.82) is 0 Å². The van der Waals surface area contributed by atoms with E-state index in [9.17, 15) is 4.79 Å². The van der Waals surface area contributed by atoms with Gasteiger partial charge in [0.15, 0.2) is 0 Å². The zero-order chi connectivity index (χ0) is 14.8. The molecule has 3 rings (SSSR count). The highest BCUT2D eigenvalue weighted by molar-refractivity contribution is 9.10. The average molecular weight is 413 g/mol. The summed E-state index contributed by atoms with van der Waals surface area (Å²) in [5, 5.41) is 2.94. The maximum Gasteiger partial charge on any atom is 0.254 e. The Kier molecular flexibility index (Phi) is 4.62. The average Bonchev–Trinajstić information content (AvgIpc) is 2.53. The summed E-state index contributed by atoms with van der Waals surface area (Å²) >= 11 is 6.93. The third-order valence-corrected chi connectivity index (χ3v) is 4.96. The first kappa shape index (κ1) is 15.0. The number of nitrogens with zero attached hydrogens (tertiary/aromatic N) is 1. The van der Waals surface area contributed by atoms with E-state index in [0.717, 1.165) is 26.1 Å². The van der Waals surface area contributed by atoms with Gasteiger partial charge in [-0.1, -0.05) is 44.0 Å². The first-order valence-electron chi connectivity index (χ1n) is 6.83. The van der Waals surface area contributed by atoms with Gasteiger partial charge in [-0.15, -0.1) is 0 Å². The van der Waals surface area contributed by atoms with Crippen molar-refractivity contribution in [3.05, 3.63) is 46.4 Å². The van der Waals surface area contributed by atoms with Crippen LogP contribution in [0.25, 0.3) is 10.8 Å². The van der Waals surface area contributed by atoms with Gasteiger partial charge in [-0.25, -0.2) is 0 Å². The smallest absolute Gasteiger partial charge is 0.254 e. The van der Waals surface area contributed by atoms with Gasteiger partial charge in [-0.2, -0.15) is 0 Å². The van der Waals surface area contributed by atoms with E-state index in [-0.39, 0.29) is 11.9 Å². The Bertz CT molecular complexity index is 674. The number of alkyl halides is 1. The summed E-state index contributed by atoms with van der Waals surface area (Å²) in [6, 6.07) is 12.0. The maximum absolute atomic E-state index is 12.7. The molecule has 2 aromatic rings. The zero-order valence-corrected chi connectivity index (χ0v) is 14.6. The maximum atomic E-state index is 12.7. The Morgan fingerprint density at radius 1 is 1.24 bits per heavy atom. The van der Waals surface area contributed by atoms with Crippen LogP contribution >= 0.6 is 31.9 Å². The molecule has 1 aliphatic heterocycles. The lowest BCUT2D eigenvalue weighted by Crippen LogP contribution is -2.49. The zero-order valence-electron chi connectivity index (χ0n) is 11.4. The molecular formula is C16H15Br2NO2. The molecule has 1 saturated heterocycles. The van der Waals surface area contributed by atoms with Crippen molar-refractivity contribution in [2.45, 2.75) is 6.04 Å². The molecular weight excluding hydrogens is 398 g/mol. The van der Waals surface area contributed by atoms with Gasteiger partial charge in [0.2, 0.25) is 0 Å². The number of halogens is 2. The molecule has 1 heterocycles. The molecule has 0 bridgehead atoms. The second-order valence-corrected chi connectivity index (χ2v) is 6.65.